The molecule has 1 fully saturated rings. The molecule has 26 heavy (non-hydrogen) atoms. The molecule has 0 aromatic heterocycles. The van der Waals surface area contributed by atoms with Crippen LogP contribution in [0.4, 0.5) is 15.8 Å². The van der Waals surface area contributed by atoms with Gasteiger partial charge in [-0.2, -0.15) is 0 Å². The van der Waals surface area contributed by atoms with Gasteiger partial charge in [0, 0.05) is 18.7 Å². The summed E-state index contributed by atoms with van der Waals surface area (Å²) in [7, 11) is 0. The van der Waals surface area contributed by atoms with Crippen molar-refractivity contribution in [1.82, 2.24) is 5.32 Å². The van der Waals surface area contributed by atoms with Crippen LogP contribution in [0.3, 0.4) is 0 Å². The van der Waals surface area contributed by atoms with Gasteiger partial charge in [0.15, 0.2) is 0 Å². The number of fused-ring (bicyclic) bond motifs is 3. The SMILES string of the molecule is O=C(NCc1cccc(F)c1)c1ccc2c(c1)NC(=O)[C@H]1CCCCN21. The Morgan fingerprint density at radius 1 is 1.23 bits per heavy atom. The molecule has 0 spiro atoms. The minimum absolute atomic E-state index is 0.00508. The smallest absolute Gasteiger partial charge is 0.251 e. The number of benzene rings is 2. The summed E-state index contributed by atoms with van der Waals surface area (Å²) >= 11 is 0. The number of halogens is 1. The molecule has 2 aromatic carbocycles. The normalized spacial score (nSPS) is 18.6. The summed E-state index contributed by atoms with van der Waals surface area (Å²) in [6.07, 6.45) is 2.99. The Morgan fingerprint density at radius 3 is 2.96 bits per heavy atom. The van der Waals surface area contributed by atoms with Gasteiger partial charge in [0.1, 0.15) is 11.9 Å². The predicted octanol–water partition coefficient (Wildman–Crippen LogP) is 3.07. The highest BCUT2D eigenvalue weighted by Gasteiger charge is 2.34. The highest BCUT2D eigenvalue weighted by molar-refractivity contribution is 6.05. The van der Waals surface area contributed by atoms with Crippen molar-refractivity contribution < 1.29 is 14.0 Å². The molecule has 2 heterocycles. The maximum absolute atomic E-state index is 13.2. The van der Waals surface area contributed by atoms with Crippen molar-refractivity contribution in [2.75, 3.05) is 16.8 Å². The predicted molar refractivity (Wildman–Crippen MR) is 97.6 cm³/mol. The van der Waals surface area contributed by atoms with Gasteiger partial charge < -0.3 is 15.5 Å². The molecule has 5 nitrogen and oxygen atoms in total. The topological polar surface area (TPSA) is 61.4 Å². The standard InChI is InChI=1S/C20H20FN3O2/c21-15-5-3-4-13(10-15)12-22-19(25)14-7-8-17-16(11-14)23-20(26)18-6-1-2-9-24(17)18/h3-5,7-8,10-11,18H,1-2,6,9,12H2,(H,22,25)(H,23,26)/t18-/m1/s1. The van der Waals surface area contributed by atoms with E-state index in [1.807, 2.05) is 6.07 Å². The third kappa shape index (κ3) is 3.14. The van der Waals surface area contributed by atoms with Gasteiger partial charge in [-0.05, 0) is 55.2 Å². The molecular formula is C20H20FN3O2. The van der Waals surface area contributed by atoms with Gasteiger partial charge in [0.25, 0.3) is 5.91 Å². The zero-order valence-electron chi connectivity index (χ0n) is 14.3. The first kappa shape index (κ1) is 16.6. The number of amides is 2. The molecule has 4 rings (SSSR count). The van der Waals surface area contributed by atoms with Crippen molar-refractivity contribution in [3.63, 3.8) is 0 Å². The fraction of sp³-hybridized carbons (Fsp3) is 0.300. The van der Waals surface area contributed by atoms with E-state index in [2.05, 4.69) is 15.5 Å². The highest BCUT2D eigenvalue weighted by Crippen LogP contribution is 2.36. The number of carbonyl (C=O) groups is 2. The van der Waals surface area contributed by atoms with Gasteiger partial charge in [-0.1, -0.05) is 12.1 Å². The molecule has 2 aromatic rings. The lowest BCUT2D eigenvalue weighted by molar-refractivity contribution is -0.118. The van der Waals surface area contributed by atoms with Crippen LogP contribution < -0.4 is 15.5 Å². The van der Waals surface area contributed by atoms with E-state index in [0.29, 0.717) is 16.8 Å². The van der Waals surface area contributed by atoms with E-state index in [-0.39, 0.29) is 30.2 Å². The third-order valence-corrected chi connectivity index (χ3v) is 4.97. The summed E-state index contributed by atoms with van der Waals surface area (Å²) in [6.45, 7) is 1.10. The van der Waals surface area contributed by atoms with E-state index < -0.39 is 0 Å². The molecule has 0 radical (unpaired) electrons. The number of hydrogen-bond donors (Lipinski definition) is 2. The van der Waals surface area contributed by atoms with Crippen LogP contribution >= 0.6 is 0 Å². The van der Waals surface area contributed by atoms with E-state index in [1.165, 1.54) is 12.1 Å². The highest BCUT2D eigenvalue weighted by atomic mass is 19.1. The van der Waals surface area contributed by atoms with Crippen LogP contribution in [0.25, 0.3) is 0 Å². The first-order valence-electron chi connectivity index (χ1n) is 8.86. The Bertz CT molecular complexity index is 868. The molecule has 1 atom stereocenters. The Hall–Kier alpha value is -2.89. The van der Waals surface area contributed by atoms with Crippen molar-refractivity contribution >= 4 is 23.2 Å². The van der Waals surface area contributed by atoms with E-state index in [9.17, 15) is 14.0 Å². The lowest BCUT2D eigenvalue weighted by atomic mass is 9.97. The van der Waals surface area contributed by atoms with E-state index in [0.717, 1.165) is 31.5 Å². The minimum Gasteiger partial charge on any atom is -0.358 e. The molecule has 2 N–H and O–H groups in total. The maximum atomic E-state index is 13.2. The van der Waals surface area contributed by atoms with E-state index in [4.69, 9.17) is 0 Å². The van der Waals surface area contributed by atoms with Crippen molar-refractivity contribution in [3.8, 4) is 0 Å². The molecule has 2 aliphatic heterocycles. The van der Waals surface area contributed by atoms with E-state index >= 15 is 0 Å². The summed E-state index contributed by atoms with van der Waals surface area (Å²) in [4.78, 5) is 26.9. The molecule has 2 amide bonds. The molecule has 2 aliphatic rings. The number of nitrogens with one attached hydrogen (secondary N) is 2. The first-order valence-corrected chi connectivity index (χ1v) is 8.86. The summed E-state index contributed by atoms with van der Waals surface area (Å²) in [5, 5.41) is 5.71. The van der Waals surface area contributed by atoms with Crippen molar-refractivity contribution in [2.45, 2.75) is 31.8 Å². The second-order valence-corrected chi connectivity index (χ2v) is 6.74. The average molecular weight is 353 g/mol. The van der Waals surface area contributed by atoms with Crippen LogP contribution in [-0.2, 0) is 11.3 Å². The van der Waals surface area contributed by atoms with Crippen molar-refractivity contribution in [3.05, 3.63) is 59.4 Å². The van der Waals surface area contributed by atoms with Gasteiger partial charge in [-0.25, -0.2) is 4.39 Å². The molecule has 1 saturated heterocycles. The number of nitrogens with zero attached hydrogens (tertiary/aromatic N) is 1. The van der Waals surface area contributed by atoms with Crippen LogP contribution in [0.1, 0.15) is 35.2 Å². The van der Waals surface area contributed by atoms with Crippen molar-refractivity contribution in [1.29, 1.82) is 0 Å². The molecule has 0 unspecified atom stereocenters. The minimum atomic E-state index is -0.329. The van der Waals surface area contributed by atoms with Crippen LogP contribution in [0.5, 0.6) is 0 Å². The Kier molecular flexibility index (Phi) is 4.32. The fourth-order valence-electron chi connectivity index (χ4n) is 3.67. The molecule has 6 heteroatoms. The molecule has 0 bridgehead atoms. The van der Waals surface area contributed by atoms with E-state index in [1.54, 1.807) is 24.3 Å². The van der Waals surface area contributed by atoms with Crippen LogP contribution in [-0.4, -0.2) is 24.4 Å². The molecule has 134 valence electrons. The quantitative estimate of drug-likeness (QED) is 0.891. The number of rotatable bonds is 3. The summed E-state index contributed by atoms with van der Waals surface area (Å²) in [6, 6.07) is 11.4. The van der Waals surface area contributed by atoms with Crippen LogP contribution in [0.2, 0.25) is 0 Å². The van der Waals surface area contributed by atoms with Gasteiger partial charge in [0.05, 0.1) is 11.4 Å². The maximum Gasteiger partial charge on any atom is 0.251 e. The van der Waals surface area contributed by atoms with Gasteiger partial charge in [0.2, 0.25) is 5.91 Å². The number of carbonyl (C=O) groups excluding carboxylic acids is 2. The second-order valence-electron chi connectivity index (χ2n) is 6.74. The Labute approximate surface area is 151 Å². The molecule has 0 aliphatic carbocycles. The number of anilines is 2. The first-order chi connectivity index (χ1) is 12.6. The summed E-state index contributed by atoms with van der Waals surface area (Å²) in [5.74, 6) is -0.592. The lowest BCUT2D eigenvalue weighted by Crippen LogP contribution is -2.50. The zero-order chi connectivity index (χ0) is 18.1. The number of hydrogen-bond acceptors (Lipinski definition) is 3. The monoisotopic (exact) mass is 353 g/mol. The number of piperidine rings is 1. The molecular weight excluding hydrogens is 333 g/mol. The second kappa shape index (κ2) is 6.78. The third-order valence-electron chi connectivity index (χ3n) is 4.97. The van der Waals surface area contributed by atoms with Gasteiger partial charge in [-0.15, -0.1) is 0 Å². The van der Waals surface area contributed by atoms with Crippen molar-refractivity contribution in [2.24, 2.45) is 0 Å². The Balaban J connectivity index is 1.51. The van der Waals surface area contributed by atoms with Crippen LogP contribution in [0, 0.1) is 5.82 Å². The lowest BCUT2D eigenvalue weighted by Gasteiger charge is -2.41. The summed E-state index contributed by atoms with van der Waals surface area (Å²) < 4.78 is 13.2. The fourth-order valence-corrected chi connectivity index (χ4v) is 3.67. The van der Waals surface area contributed by atoms with Gasteiger partial charge >= 0.3 is 0 Å². The zero-order valence-corrected chi connectivity index (χ0v) is 14.3. The van der Waals surface area contributed by atoms with Crippen LogP contribution in [0.15, 0.2) is 42.5 Å². The Morgan fingerprint density at radius 2 is 2.12 bits per heavy atom. The molecule has 0 saturated carbocycles. The average Bonchev–Trinajstić information content (AvgIpc) is 2.66. The van der Waals surface area contributed by atoms with Gasteiger partial charge in [-0.3, -0.25) is 9.59 Å². The summed E-state index contributed by atoms with van der Waals surface area (Å²) in [5.41, 5.74) is 2.80. The largest absolute Gasteiger partial charge is 0.358 e.